The molecule has 1 aliphatic rings. The van der Waals surface area contributed by atoms with Crippen molar-refractivity contribution < 1.29 is 23.4 Å². The number of aromatic hydroxyl groups is 2. The van der Waals surface area contributed by atoms with Crippen LogP contribution in [0.15, 0.2) is 77.7 Å². The lowest BCUT2D eigenvalue weighted by atomic mass is 10.1. The molecule has 170 valence electrons. The number of hydrogen-bond donors (Lipinski definition) is 3. The molecule has 0 spiro atoms. The van der Waals surface area contributed by atoms with Crippen LogP contribution in [-0.4, -0.2) is 37.6 Å². The van der Waals surface area contributed by atoms with Gasteiger partial charge in [-0.3, -0.25) is 4.79 Å². The Morgan fingerprint density at radius 1 is 0.970 bits per heavy atom. The molecule has 8 heteroatoms. The summed E-state index contributed by atoms with van der Waals surface area (Å²) >= 11 is 0. The summed E-state index contributed by atoms with van der Waals surface area (Å²) in [6.45, 7) is 0. The van der Waals surface area contributed by atoms with E-state index in [2.05, 4.69) is 4.72 Å². The van der Waals surface area contributed by atoms with Crippen LogP contribution in [0, 0.1) is 0 Å². The van der Waals surface area contributed by atoms with Gasteiger partial charge >= 0.3 is 0 Å². The summed E-state index contributed by atoms with van der Waals surface area (Å²) in [5.74, 6) is -0.845. The van der Waals surface area contributed by atoms with Gasteiger partial charge in [-0.1, -0.05) is 30.3 Å². The second-order valence-electron chi connectivity index (χ2n) is 7.97. The van der Waals surface area contributed by atoms with Crippen LogP contribution in [0.2, 0.25) is 0 Å². The summed E-state index contributed by atoms with van der Waals surface area (Å²) < 4.78 is 28.4. The van der Waals surface area contributed by atoms with E-state index in [1.54, 1.807) is 25.2 Å². The van der Waals surface area contributed by atoms with Gasteiger partial charge in [0.2, 0.25) is 10.0 Å². The van der Waals surface area contributed by atoms with Gasteiger partial charge in [0.1, 0.15) is 0 Å². The molecule has 0 aromatic heterocycles. The van der Waals surface area contributed by atoms with Gasteiger partial charge in [0, 0.05) is 24.9 Å². The number of sulfonamides is 1. The van der Waals surface area contributed by atoms with E-state index in [1.165, 1.54) is 41.3 Å². The zero-order valence-corrected chi connectivity index (χ0v) is 18.8. The fraction of sp³-hybridized carbons (Fsp3) is 0.160. The largest absolute Gasteiger partial charge is 0.504 e. The summed E-state index contributed by atoms with van der Waals surface area (Å²) in [7, 11) is -2.11. The van der Waals surface area contributed by atoms with Crippen LogP contribution < -0.4 is 9.62 Å². The Kier molecular flexibility index (Phi) is 6.22. The molecular weight excluding hydrogens is 440 g/mol. The van der Waals surface area contributed by atoms with Crippen LogP contribution in [0.3, 0.4) is 0 Å². The molecule has 0 saturated heterocycles. The lowest BCUT2D eigenvalue weighted by Gasteiger charge is -2.17. The molecular formula is C25H24N2O5S. The van der Waals surface area contributed by atoms with Crippen LogP contribution in [0.5, 0.6) is 11.5 Å². The zero-order valence-electron chi connectivity index (χ0n) is 18.0. The molecule has 0 heterocycles. The number of nitrogens with zero attached hydrogens (tertiary/aromatic N) is 1. The van der Waals surface area contributed by atoms with Crippen molar-refractivity contribution >= 4 is 27.7 Å². The Balaban J connectivity index is 1.41. The number of fused-ring (bicyclic) bond motifs is 1. The maximum absolute atomic E-state index is 12.8. The fourth-order valence-corrected chi connectivity index (χ4v) is 5.07. The van der Waals surface area contributed by atoms with E-state index < -0.39 is 10.0 Å². The first kappa shape index (κ1) is 22.6. The number of phenols is 2. The van der Waals surface area contributed by atoms with Crippen LogP contribution >= 0.6 is 0 Å². The highest BCUT2D eigenvalue weighted by molar-refractivity contribution is 7.89. The highest BCUT2D eigenvalue weighted by Crippen LogP contribution is 2.26. The van der Waals surface area contributed by atoms with Gasteiger partial charge in [-0.05, 0) is 72.0 Å². The van der Waals surface area contributed by atoms with Crippen LogP contribution in [0.1, 0.15) is 16.7 Å². The number of benzene rings is 3. The maximum atomic E-state index is 12.8. The zero-order chi connectivity index (χ0) is 23.6. The number of likely N-dealkylation sites (N-methyl/N-ethyl adjacent to an activating group) is 1. The average molecular weight is 465 g/mol. The Hall–Kier alpha value is -3.62. The number of anilines is 1. The maximum Gasteiger partial charge on any atom is 0.250 e. The van der Waals surface area contributed by atoms with Crippen molar-refractivity contribution in [3.05, 3.63) is 89.5 Å². The molecule has 0 unspecified atom stereocenters. The van der Waals surface area contributed by atoms with E-state index in [0.29, 0.717) is 24.1 Å². The SMILES string of the molecule is CN(C(=O)C=Cc1ccc(O)c(O)c1)c1ccc(S(=O)(=O)NC2Cc3ccccc3C2)cc1. The molecule has 3 N–H and O–H groups in total. The predicted octanol–water partition coefficient (Wildman–Crippen LogP) is 3.22. The van der Waals surface area contributed by atoms with Gasteiger partial charge in [0.05, 0.1) is 4.90 Å². The van der Waals surface area contributed by atoms with Crippen LogP contribution in [0.25, 0.3) is 6.08 Å². The Bertz CT molecular complexity index is 1290. The number of amides is 1. The van der Waals surface area contributed by atoms with E-state index in [0.717, 1.165) is 11.1 Å². The van der Waals surface area contributed by atoms with E-state index >= 15 is 0 Å². The molecule has 4 rings (SSSR count). The normalized spacial score (nSPS) is 13.8. The van der Waals surface area contributed by atoms with E-state index in [-0.39, 0.29) is 28.3 Å². The first-order valence-corrected chi connectivity index (χ1v) is 11.9. The molecule has 3 aromatic rings. The van der Waals surface area contributed by atoms with E-state index in [9.17, 15) is 23.4 Å². The third kappa shape index (κ3) is 5.08. The number of hydrogen-bond acceptors (Lipinski definition) is 5. The summed E-state index contributed by atoms with van der Waals surface area (Å²) in [4.78, 5) is 14.0. The summed E-state index contributed by atoms with van der Waals surface area (Å²) in [5.41, 5.74) is 3.41. The molecule has 0 fully saturated rings. The standard InChI is InChI=1S/C25H24N2O5S/c1-27(25(30)13-7-17-6-12-23(28)24(29)14-17)21-8-10-22(11-9-21)33(31,32)26-20-15-18-4-2-3-5-19(18)16-20/h2-14,20,26,28-29H,15-16H2,1H3. The quantitative estimate of drug-likeness (QED) is 0.384. The topological polar surface area (TPSA) is 107 Å². The number of carbonyl (C=O) groups is 1. The van der Waals surface area contributed by atoms with Crippen LogP contribution in [-0.2, 0) is 27.7 Å². The Morgan fingerprint density at radius 3 is 2.21 bits per heavy atom. The first-order valence-electron chi connectivity index (χ1n) is 10.4. The lowest BCUT2D eigenvalue weighted by molar-refractivity contribution is -0.113. The van der Waals surface area contributed by atoms with Gasteiger partial charge < -0.3 is 15.1 Å². The number of carbonyl (C=O) groups excluding carboxylic acids is 1. The molecule has 0 radical (unpaired) electrons. The average Bonchev–Trinajstić information content (AvgIpc) is 3.20. The highest BCUT2D eigenvalue weighted by Gasteiger charge is 2.26. The molecule has 1 aliphatic carbocycles. The van der Waals surface area contributed by atoms with E-state index in [4.69, 9.17) is 0 Å². The van der Waals surface area contributed by atoms with Crippen molar-refractivity contribution in [1.29, 1.82) is 0 Å². The third-order valence-corrected chi connectivity index (χ3v) is 7.19. The van der Waals surface area contributed by atoms with Crippen molar-refractivity contribution in [2.24, 2.45) is 0 Å². The second kappa shape index (κ2) is 9.09. The molecule has 0 atom stereocenters. The summed E-state index contributed by atoms with van der Waals surface area (Å²) in [5, 5.41) is 18.9. The molecule has 1 amide bonds. The van der Waals surface area contributed by atoms with Crippen molar-refractivity contribution in [3.63, 3.8) is 0 Å². The molecule has 0 saturated carbocycles. The van der Waals surface area contributed by atoms with Gasteiger partial charge in [-0.15, -0.1) is 0 Å². The van der Waals surface area contributed by atoms with Crippen molar-refractivity contribution in [2.75, 3.05) is 11.9 Å². The minimum Gasteiger partial charge on any atom is -0.504 e. The number of nitrogens with one attached hydrogen (secondary N) is 1. The van der Waals surface area contributed by atoms with Crippen molar-refractivity contribution in [1.82, 2.24) is 4.72 Å². The number of phenolic OH excluding ortho intramolecular Hbond substituents is 2. The van der Waals surface area contributed by atoms with Gasteiger partial charge in [-0.25, -0.2) is 13.1 Å². The second-order valence-corrected chi connectivity index (χ2v) is 9.68. The minimum atomic E-state index is -3.69. The molecule has 3 aromatic carbocycles. The lowest BCUT2D eigenvalue weighted by Crippen LogP contribution is -2.35. The summed E-state index contributed by atoms with van der Waals surface area (Å²) in [6.07, 6.45) is 4.17. The molecule has 7 nitrogen and oxygen atoms in total. The van der Waals surface area contributed by atoms with E-state index in [1.807, 2.05) is 24.3 Å². The fourth-order valence-electron chi connectivity index (χ4n) is 3.83. The summed E-state index contributed by atoms with van der Waals surface area (Å²) in [6, 6.07) is 18.1. The minimum absolute atomic E-state index is 0.137. The monoisotopic (exact) mass is 464 g/mol. The smallest absolute Gasteiger partial charge is 0.250 e. The van der Waals surface area contributed by atoms with Gasteiger partial charge in [0.15, 0.2) is 11.5 Å². The van der Waals surface area contributed by atoms with Gasteiger partial charge in [-0.2, -0.15) is 0 Å². The predicted molar refractivity (Wildman–Crippen MR) is 127 cm³/mol. The molecule has 33 heavy (non-hydrogen) atoms. The van der Waals surface area contributed by atoms with Crippen LogP contribution in [0.4, 0.5) is 5.69 Å². The first-order chi connectivity index (χ1) is 15.7. The molecule has 0 aliphatic heterocycles. The van der Waals surface area contributed by atoms with Crippen molar-refractivity contribution in [2.45, 2.75) is 23.8 Å². The third-order valence-electron chi connectivity index (χ3n) is 5.66. The number of rotatable bonds is 6. The van der Waals surface area contributed by atoms with Gasteiger partial charge in [0.25, 0.3) is 5.91 Å². The highest BCUT2D eigenvalue weighted by atomic mass is 32.2. The Labute approximate surface area is 192 Å². The molecule has 0 bridgehead atoms. The Morgan fingerprint density at radius 2 is 1.61 bits per heavy atom. The van der Waals surface area contributed by atoms with Crippen molar-refractivity contribution in [3.8, 4) is 11.5 Å².